The van der Waals surface area contributed by atoms with E-state index in [1.54, 1.807) is 6.92 Å². The number of nitro groups is 1. The second-order valence-corrected chi connectivity index (χ2v) is 3.83. The molecule has 3 N–H and O–H groups in total. The number of likely N-dealkylation sites (N-methyl/N-ethyl adjacent to an activating group) is 1. The Balaban J connectivity index is 3.12. The molecule has 8 heteroatoms. The molecule has 0 aromatic carbocycles. The van der Waals surface area contributed by atoms with Crippen LogP contribution >= 0.6 is 0 Å². The van der Waals surface area contributed by atoms with Crippen LogP contribution in [0.4, 0.5) is 11.5 Å². The highest BCUT2D eigenvalue weighted by Gasteiger charge is 2.22. The molecule has 8 nitrogen and oxygen atoms in total. The average molecular weight is 254 g/mol. The van der Waals surface area contributed by atoms with E-state index >= 15 is 0 Å². The first-order chi connectivity index (χ1) is 8.38. The molecule has 98 valence electrons. The molecule has 1 atom stereocenters. The predicted octanol–water partition coefficient (Wildman–Crippen LogP) is 0.0248. The maximum Gasteiger partial charge on any atom is 0.288 e. The van der Waals surface area contributed by atoms with Crippen LogP contribution in [-0.4, -0.2) is 45.5 Å². The number of amides is 1. The molecule has 1 aromatic heterocycles. The van der Waals surface area contributed by atoms with Crippen molar-refractivity contribution >= 4 is 17.4 Å². The Bertz CT molecular complexity index is 477. The molecule has 0 fully saturated rings. The summed E-state index contributed by atoms with van der Waals surface area (Å²) in [6.45, 7) is 1.42. The molecule has 1 unspecified atom stereocenters. The monoisotopic (exact) mass is 254 g/mol. The van der Waals surface area contributed by atoms with Crippen LogP contribution in [0.1, 0.15) is 17.3 Å². The smallest absolute Gasteiger partial charge is 0.288 e. The molecule has 0 saturated carbocycles. The van der Waals surface area contributed by atoms with Gasteiger partial charge in [-0.25, -0.2) is 4.98 Å². The minimum Gasteiger partial charge on any atom is -0.394 e. The van der Waals surface area contributed by atoms with Gasteiger partial charge in [-0.15, -0.1) is 0 Å². The van der Waals surface area contributed by atoms with Gasteiger partial charge >= 0.3 is 0 Å². The number of hydrogen-bond donors (Lipinski definition) is 2. The lowest BCUT2D eigenvalue weighted by molar-refractivity contribution is -0.385. The Morgan fingerprint density at radius 3 is 2.83 bits per heavy atom. The minimum absolute atomic E-state index is 0.0491. The summed E-state index contributed by atoms with van der Waals surface area (Å²) in [6, 6.07) is 0.654. The summed E-state index contributed by atoms with van der Waals surface area (Å²) in [7, 11) is 1.47. The highest BCUT2D eigenvalue weighted by atomic mass is 16.6. The van der Waals surface area contributed by atoms with Crippen molar-refractivity contribution in [2.24, 2.45) is 0 Å². The van der Waals surface area contributed by atoms with Gasteiger partial charge < -0.3 is 15.7 Å². The molecule has 0 saturated heterocycles. The van der Waals surface area contributed by atoms with Gasteiger partial charge in [0.15, 0.2) is 0 Å². The Kier molecular flexibility index (Phi) is 4.16. The molecular formula is C10H14N4O4. The average Bonchev–Trinajstić information content (AvgIpc) is 2.36. The summed E-state index contributed by atoms with van der Waals surface area (Å²) in [4.78, 5) is 26.8. The van der Waals surface area contributed by atoms with Gasteiger partial charge in [-0.05, 0) is 6.92 Å². The third-order valence-corrected chi connectivity index (χ3v) is 2.59. The first-order valence-corrected chi connectivity index (χ1v) is 5.16. The fraction of sp³-hybridized carbons (Fsp3) is 0.400. The van der Waals surface area contributed by atoms with Crippen molar-refractivity contribution in [3.8, 4) is 0 Å². The number of carbonyl (C=O) groups excluding carboxylic acids is 1. The van der Waals surface area contributed by atoms with Crippen molar-refractivity contribution in [2.45, 2.75) is 13.0 Å². The van der Waals surface area contributed by atoms with Crippen LogP contribution in [0.25, 0.3) is 0 Å². The van der Waals surface area contributed by atoms with Gasteiger partial charge in [0.05, 0.1) is 23.1 Å². The number of nitrogens with two attached hydrogens (primary N) is 1. The molecule has 1 aromatic rings. The number of aromatic nitrogens is 1. The van der Waals surface area contributed by atoms with Gasteiger partial charge in [0.25, 0.3) is 11.6 Å². The van der Waals surface area contributed by atoms with Gasteiger partial charge in [-0.3, -0.25) is 14.9 Å². The highest BCUT2D eigenvalue weighted by molar-refractivity contribution is 5.98. The van der Waals surface area contributed by atoms with Crippen molar-refractivity contribution in [3.05, 3.63) is 27.9 Å². The van der Waals surface area contributed by atoms with Crippen molar-refractivity contribution in [2.75, 3.05) is 19.4 Å². The fourth-order valence-electron chi connectivity index (χ4n) is 1.25. The maximum absolute atomic E-state index is 12.0. The largest absolute Gasteiger partial charge is 0.394 e. The Morgan fingerprint density at radius 1 is 1.72 bits per heavy atom. The second-order valence-electron chi connectivity index (χ2n) is 3.83. The summed E-state index contributed by atoms with van der Waals surface area (Å²) in [5.74, 6) is -0.604. The topological polar surface area (TPSA) is 123 Å². The molecule has 0 radical (unpaired) electrons. The van der Waals surface area contributed by atoms with E-state index in [-0.39, 0.29) is 23.7 Å². The van der Waals surface area contributed by atoms with Crippen molar-refractivity contribution in [1.82, 2.24) is 9.88 Å². The van der Waals surface area contributed by atoms with Crippen LogP contribution in [0.15, 0.2) is 12.3 Å². The van der Waals surface area contributed by atoms with E-state index in [2.05, 4.69) is 4.98 Å². The van der Waals surface area contributed by atoms with Crippen LogP contribution in [0, 0.1) is 10.1 Å². The number of carbonyl (C=O) groups is 1. The summed E-state index contributed by atoms with van der Waals surface area (Å²) in [5, 5.41) is 19.6. The third kappa shape index (κ3) is 2.72. The molecule has 0 bridgehead atoms. The number of nitrogen functional groups attached to an aromatic ring is 1. The number of nitrogens with zero attached hydrogens (tertiary/aromatic N) is 3. The molecule has 0 aliphatic rings. The SMILES string of the molecule is CC(CO)N(C)C(=O)c1cc([N+](=O)[O-])cnc1N. The summed E-state index contributed by atoms with van der Waals surface area (Å²) in [5.41, 5.74) is 5.17. The van der Waals surface area contributed by atoms with Crippen molar-refractivity contribution in [3.63, 3.8) is 0 Å². The van der Waals surface area contributed by atoms with Crippen LogP contribution in [0.5, 0.6) is 0 Å². The summed E-state index contributed by atoms with van der Waals surface area (Å²) < 4.78 is 0. The van der Waals surface area contributed by atoms with Gasteiger partial charge in [0, 0.05) is 13.1 Å². The zero-order valence-electron chi connectivity index (χ0n) is 10.0. The van der Waals surface area contributed by atoms with Gasteiger partial charge in [-0.1, -0.05) is 0 Å². The molecule has 1 heterocycles. The lowest BCUT2D eigenvalue weighted by Crippen LogP contribution is -2.37. The number of rotatable bonds is 4. The van der Waals surface area contributed by atoms with E-state index in [1.807, 2.05) is 0 Å². The Labute approximate surface area is 103 Å². The highest BCUT2D eigenvalue weighted by Crippen LogP contribution is 2.18. The van der Waals surface area contributed by atoms with Crippen molar-refractivity contribution in [1.29, 1.82) is 0 Å². The number of hydrogen-bond acceptors (Lipinski definition) is 6. The lowest BCUT2D eigenvalue weighted by Gasteiger charge is -2.23. The van der Waals surface area contributed by atoms with E-state index in [4.69, 9.17) is 10.8 Å². The molecule has 0 aliphatic carbocycles. The zero-order valence-corrected chi connectivity index (χ0v) is 10.0. The number of anilines is 1. The van der Waals surface area contributed by atoms with E-state index in [0.717, 1.165) is 12.3 Å². The first kappa shape index (κ1) is 13.8. The van der Waals surface area contributed by atoms with Gasteiger partial charge in [0.1, 0.15) is 12.0 Å². The van der Waals surface area contributed by atoms with Crippen molar-refractivity contribution < 1.29 is 14.8 Å². The predicted molar refractivity (Wildman–Crippen MR) is 63.9 cm³/mol. The van der Waals surface area contributed by atoms with Crippen LogP contribution < -0.4 is 5.73 Å². The molecule has 1 rings (SSSR count). The minimum atomic E-state index is -0.654. The van der Waals surface area contributed by atoms with E-state index in [9.17, 15) is 14.9 Å². The quantitative estimate of drug-likeness (QED) is 0.577. The lowest BCUT2D eigenvalue weighted by atomic mass is 10.2. The standard InChI is InChI=1S/C10H14N4O4/c1-6(5-15)13(2)10(16)8-3-7(14(17)18)4-12-9(8)11/h3-4,6,15H,5H2,1-2H3,(H2,11,12). The van der Waals surface area contributed by atoms with Gasteiger partial charge in [0.2, 0.25) is 0 Å². The third-order valence-electron chi connectivity index (χ3n) is 2.59. The number of aliphatic hydroxyl groups excluding tert-OH is 1. The molecule has 18 heavy (non-hydrogen) atoms. The Hall–Kier alpha value is -2.22. The Morgan fingerprint density at radius 2 is 2.33 bits per heavy atom. The summed E-state index contributed by atoms with van der Waals surface area (Å²) in [6.07, 6.45) is 0.988. The molecule has 1 amide bonds. The first-order valence-electron chi connectivity index (χ1n) is 5.16. The van der Waals surface area contributed by atoms with Gasteiger partial charge in [-0.2, -0.15) is 0 Å². The fourth-order valence-corrected chi connectivity index (χ4v) is 1.25. The molecule has 0 aliphatic heterocycles. The van der Waals surface area contributed by atoms with E-state index in [1.165, 1.54) is 11.9 Å². The van der Waals surface area contributed by atoms with Crippen LogP contribution in [0.2, 0.25) is 0 Å². The van der Waals surface area contributed by atoms with Crippen LogP contribution in [-0.2, 0) is 0 Å². The maximum atomic E-state index is 12.0. The van der Waals surface area contributed by atoms with Crippen LogP contribution in [0.3, 0.4) is 0 Å². The normalized spacial score (nSPS) is 11.9. The number of pyridine rings is 1. The van der Waals surface area contributed by atoms with E-state index in [0.29, 0.717) is 0 Å². The molecule has 0 spiro atoms. The zero-order chi connectivity index (χ0) is 13.9. The second kappa shape index (κ2) is 5.41. The van der Waals surface area contributed by atoms with E-state index < -0.39 is 16.9 Å². The molecular weight excluding hydrogens is 240 g/mol. The summed E-state index contributed by atoms with van der Waals surface area (Å²) >= 11 is 0. The number of aliphatic hydroxyl groups is 1.